The van der Waals surface area contributed by atoms with Crippen molar-refractivity contribution in [1.82, 2.24) is 0 Å². The number of amides is 1. The number of methoxy groups -OCH3 is 1. The molecule has 0 atom stereocenters. The molecule has 0 aliphatic heterocycles. The van der Waals surface area contributed by atoms with Crippen molar-refractivity contribution in [1.29, 1.82) is 0 Å². The molecule has 3 nitrogen and oxygen atoms in total. The summed E-state index contributed by atoms with van der Waals surface area (Å²) in [6.07, 6.45) is 1.31. The van der Waals surface area contributed by atoms with E-state index in [1.165, 1.54) is 0 Å². The second kappa shape index (κ2) is 7.07. The van der Waals surface area contributed by atoms with Crippen LogP contribution in [0, 0.1) is 6.92 Å². The third kappa shape index (κ3) is 3.86. The molecule has 17 heavy (non-hydrogen) atoms. The number of benzene rings is 1. The lowest BCUT2D eigenvalue weighted by molar-refractivity contribution is -0.118. The lowest BCUT2D eigenvalue weighted by atomic mass is 10.1. The van der Waals surface area contributed by atoms with Crippen molar-refractivity contribution >= 4 is 11.6 Å². The smallest absolute Gasteiger partial charge is 0.227 e. The molecule has 3 heteroatoms. The van der Waals surface area contributed by atoms with E-state index in [0.717, 1.165) is 17.7 Å². The summed E-state index contributed by atoms with van der Waals surface area (Å²) < 4.78 is 4.96. The highest BCUT2D eigenvalue weighted by molar-refractivity contribution is 5.93. The highest BCUT2D eigenvalue weighted by Crippen LogP contribution is 2.20. The van der Waals surface area contributed by atoms with Crippen molar-refractivity contribution < 1.29 is 9.53 Å². The number of rotatable bonds is 6. The zero-order chi connectivity index (χ0) is 12.7. The van der Waals surface area contributed by atoms with Crippen molar-refractivity contribution in [3.63, 3.8) is 0 Å². The number of ether oxygens (including phenoxy) is 1. The molecule has 1 aromatic rings. The molecule has 0 unspecified atom stereocenters. The van der Waals surface area contributed by atoms with E-state index in [4.69, 9.17) is 4.74 Å². The molecule has 0 aliphatic carbocycles. The average Bonchev–Trinajstić information content (AvgIpc) is 2.33. The van der Waals surface area contributed by atoms with Gasteiger partial charge < -0.3 is 9.64 Å². The van der Waals surface area contributed by atoms with Crippen LogP contribution in [0.25, 0.3) is 0 Å². The second-order valence-corrected chi connectivity index (χ2v) is 4.02. The van der Waals surface area contributed by atoms with E-state index in [-0.39, 0.29) is 5.91 Å². The maximum absolute atomic E-state index is 12.1. The van der Waals surface area contributed by atoms with Gasteiger partial charge in [0.1, 0.15) is 0 Å². The third-order valence-electron chi connectivity index (χ3n) is 2.76. The van der Waals surface area contributed by atoms with Gasteiger partial charge >= 0.3 is 0 Å². The first-order valence-electron chi connectivity index (χ1n) is 6.05. The van der Waals surface area contributed by atoms with Crippen LogP contribution in [0.15, 0.2) is 24.3 Å². The van der Waals surface area contributed by atoms with Gasteiger partial charge in [-0.15, -0.1) is 0 Å². The fourth-order valence-electron chi connectivity index (χ4n) is 1.85. The summed E-state index contributed by atoms with van der Waals surface area (Å²) in [4.78, 5) is 13.9. The molecule has 0 saturated heterocycles. The molecule has 0 spiro atoms. The zero-order valence-corrected chi connectivity index (χ0v) is 10.9. The average molecular weight is 235 g/mol. The van der Waals surface area contributed by atoms with E-state index in [2.05, 4.69) is 0 Å². The Morgan fingerprint density at radius 3 is 2.65 bits per heavy atom. The molecule has 0 aliphatic rings. The molecule has 0 N–H and O–H groups in total. The molecule has 0 heterocycles. The van der Waals surface area contributed by atoms with E-state index in [0.29, 0.717) is 19.6 Å². The Bertz CT molecular complexity index is 363. The Balaban J connectivity index is 2.71. The molecular formula is C14H21NO2. The maximum Gasteiger partial charge on any atom is 0.227 e. The van der Waals surface area contributed by atoms with Crippen LogP contribution in [0.1, 0.15) is 25.3 Å². The molecule has 94 valence electrons. The summed E-state index contributed by atoms with van der Waals surface area (Å²) in [5.41, 5.74) is 2.15. The summed E-state index contributed by atoms with van der Waals surface area (Å²) >= 11 is 0. The van der Waals surface area contributed by atoms with Gasteiger partial charge in [-0.2, -0.15) is 0 Å². The number of carbonyl (C=O) groups is 1. The summed E-state index contributed by atoms with van der Waals surface area (Å²) in [5, 5.41) is 0. The summed E-state index contributed by atoms with van der Waals surface area (Å²) in [6, 6.07) is 7.98. The largest absolute Gasteiger partial charge is 0.385 e. The Kier molecular flexibility index (Phi) is 5.70. The minimum Gasteiger partial charge on any atom is -0.385 e. The standard InChI is InChI=1S/C14H21NO2/c1-4-15(14(16)10-7-11-17-3)13-9-6-5-8-12(13)2/h5-6,8-9H,4,7,10-11H2,1-3H3. The third-order valence-corrected chi connectivity index (χ3v) is 2.76. The SMILES string of the molecule is CCN(C(=O)CCCOC)c1ccccc1C. The first-order chi connectivity index (χ1) is 8.20. The van der Waals surface area contributed by atoms with Crippen LogP contribution in [0.5, 0.6) is 0 Å². The van der Waals surface area contributed by atoms with E-state index in [1.54, 1.807) is 7.11 Å². The monoisotopic (exact) mass is 235 g/mol. The summed E-state index contributed by atoms with van der Waals surface area (Å²) in [6.45, 7) is 5.37. The Hall–Kier alpha value is -1.35. The van der Waals surface area contributed by atoms with Gasteiger partial charge in [-0.3, -0.25) is 4.79 Å². The number of carbonyl (C=O) groups excluding carboxylic acids is 1. The number of aryl methyl sites for hydroxylation is 1. The molecule has 1 amide bonds. The zero-order valence-electron chi connectivity index (χ0n) is 10.9. The highest BCUT2D eigenvalue weighted by atomic mass is 16.5. The van der Waals surface area contributed by atoms with Crippen molar-refractivity contribution in [2.45, 2.75) is 26.7 Å². The van der Waals surface area contributed by atoms with E-state index < -0.39 is 0 Å². The topological polar surface area (TPSA) is 29.5 Å². The van der Waals surface area contributed by atoms with Gasteiger partial charge in [0.25, 0.3) is 0 Å². The minimum atomic E-state index is 0.166. The van der Waals surface area contributed by atoms with Crippen LogP contribution in [-0.2, 0) is 9.53 Å². The Labute approximate surface area is 103 Å². The first-order valence-corrected chi connectivity index (χ1v) is 6.05. The Morgan fingerprint density at radius 1 is 1.35 bits per heavy atom. The summed E-state index contributed by atoms with van der Waals surface area (Å²) in [5.74, 6) is 0.166. The predicted octanol–water partition coefficient (Wildman–Crippen LogP) is 2.77. The Morgan fingerprint density at radius 2 is 2.06 bits per heavy atom. The van der Waals surface area contributed by atoms with Crippen LogP contribution in [0.4, 0.5) is 5.69 Å². The maximum atomic E-state index is 12.1. The van der Waals surface area contributed by atoms with E-state index >= 15 is 0 Å². The molecule has 0 aromatic heterocycles. The number of para-hydroxylation sites is 1. The second-order valence-electron chi connectivity index (χ2n) is 4.02. The van der Waals surface area contributed by atoms with Crippen LogP contribution < -0.4 is 4.90 Å². The number of anilines is 1. The number of hydrogen-bond donors (Lipinski definition) is 0. The normalized spacial score (nSPS) is 10.3. The van der Waals surface area contributed by atoms with E-state index in [1.807, 2.05) is 43.0 Å². The van der Waals surface area contributed by atoms with E-state index in [9.17, 15) is 4.79 Å². The van der Waals surface area contributed by atoms with Gasteiger partial charge in [0.05, 0.1) is 0 Å². The van der Waals surface area contributed by atoms with Gasteiger partial charge in [0.15, 0.2) is 0 Å². The first kappa shape index (κ1) is 13.7. The van der Waals surface area contributed by atoms with Crippen LogP contribution in [0.2, 0.25) is 0 Å². The molecule has 0 fully saturated rings. The molecular weight excluding hydrogens is 214 g/mol. The van der Waals surface area contributed by atoms with Crippen molar-refractivity contribution in [2.24, 2.45) is 0 Å². The fraction of sp³-hybridized carbons (Fsp3) is 0.500. The van der Waals surface area contributed by atoms with Gasteiger partial charge in [-0.05, 0) is 31.9 Å². The highest BCUT2D eigenvalue weighted by Gasteiger charge is 2.14. The van der Waals surface area contributed by atoms with Gasteiger partial charge in [-0.25, -0.2) is 0 Å². The van der Waals surface area contributed by atoms with Gasteiger partial charge in [-0.1, -0.05) is 18.2 Å². The lowest BCUT2D eigenvalue weighted by Gasteiger charge is -2.22. The van der Waals surface area contributed by atoms with Crippen molar-refractivity contribution in [3.8, 4) is 0 Å². The van der Waals surface area contributed by atoms with Gasteiger partial charge in [0, 0.05) is 32.4 Å². The predicted molar refractivity (Wildman–Crippen MR) is 70.3 cm³/mol. The molecule has 0 radical (unpaired) electrons. The van der Waals surface area contributed by atoms with Crippen molar-refractivity contribution in [3.05, 3.63) is 29.8 Å². The number of nitrogens with zero attached hydrogens (tertiary/aromatic N) is 1. The minimum absolute atomic E-state index is 0.166. The molecule has 1 aromatic carbocycles. The van der Waals surface area contributed by atoms with Crippen LogP contribution >= 0.6 is 0 Å². The van der Waals surface area contributed by atoms with Crippen molar-refractivity contribution in [2.75, 3.05) is 25.2 Å². The molecule has 1 rings (SSSR count). The fourth-order valence-corrected chi connectivity index (χ4v) is 1.85. The van der Waals surface area contributed by atoms with Crippen LogP contribution in [0.3, 0.4) is 0 Å². The number of hydrogen-bond acceptors (Lipinski definition) is 2. The van der Waals surface area contributed by atoms with Gasteiger partial charge in [0.2, 0.25) is 5.91 Å². The lowest BCUT2D eigenvalue weighted by Crippen LogP contribution is -2.31. The molecule has 0 bridgehead atoms. The summed E-state index contributed by atoms with van der Waals surface area (Å²) in [7, 11) is 1.66. The quantitative estimate of drug-likeness (QED) is 0.710. The molecule has 0 saturated carbocycles. The van der Waals surface area contributed by atoms with Crippen LogP contribution in [-0.4, -0.2) is 26.2 Å².